The molecule has 5 nitrogen and oxygen atoms in total. The lowest BCUT2D eigenvalue weighted by molar-refractivity contribution is 0.200. The Labute approximate surface area is 122 Å². The van der Waals surface area contributed by atoms with Gasteiger partial charge in [0, 0.05) is 5.54 Å². The Morgan fingerprint density at radius 2 is 2.19 bits per heavy atom. The lowest BCUT2D eigenvalue weighted by Crippen LogP contribution is -2.40. The molecule has 2 heterocycles. The fraction of sp³-hybridized carbons (Fsp3) is 0.312. The first-order chi connectivity index (χ1) is 10.1. The molecule has 0 bridgehead atoms. The molecule has 0 aliphatic heterocycles. The Morgan fingerprint density at radius 3 is 2.90 bits per heavy atom. The normalized spacial score (nSPS) is 14.4. The first-order valence-electron chi connectivity index (χ1n) is 6.90. The standard InChI is InChI=1S/C16H18N2O3/c1-16(17,10-19)7-6-11-4-5-13-12(9-11)18-15(21-13)14-3-2-8-20-14/h2-5,8-9,19H,6-7,10,17H2,1H3. The van der Waals surface area contributed by atoms with Crippen molar-refractivity contribution in [2.24, 2.45) is 5.73 Å². The number of aliphatic hydroxyl groups excluding tert-OH is 1. The largest absolute Gasteiger partial charge is 0.459 e. The van der Waals surface area contributed by atoms with E-state index in [0.29, 0.717) is 18.1 Å². The fourth-order valence-electron chi connectivity index (χ4n) is 2.14. The maximum atomic E-state index is 9.19. The fourth-order valence-corrected chi connectivity index (χ4v) is 2.14. The van der Waals surface area contributed by atoms with E-state index in [9.17, 15) is 5.11 Å². The summed E-state index contributed by atoms with van der Waals surface area (Å²) in [5.74, 6) is 1.09. The van der Waals surface area contributed by atoms with Crippen molar-refractivity contribution in [3.63, 3.8) is 0 Å². The minimum atomic E-state index is -0.557. The number of furan rings is 1. The third-order valence-corrected chi connectivity index (χ3v) is 3.53. The van der Waals surface area contributed by atoms with Crippen molar-refractivity contribution in [1.29, 1.82) is 0 Å². The number of nitrogens with zero attached hydrogens (tertiary/aromatic N) is 1. The Kier molecular flexibility index (Phi) is 3.53. The van der Waals surface area contributed by atoms with Crippen LogP contribution in [-0.2, 0) is 6.42 Å². The topological polar surface area (TPSA) is 85.4 Å². The Morgan fingerprint density at radius 1 is 1.33 bits per heavy atom. The lowest BCUT2D eigenvalue weighted by atomic mass is 9.95. The molecule has 0 aliphatic rings. The third kappa shape index (κ3) is 2.99. The molecule has 110 valence electrons. The highest BCUT2D eigenvalue weighted by molar-refractivity contribution is 5.76. The van der Waals surface area contributed by atoms with Crippen LogP contribution in [0.1, 0.15) is 18.9 Å². The molecule has 0 amide bonds. The van der Waals surface area contributed by atoms with E-state index in [2.05, 4.69) is 4.98 Å². The highest BCUT2D eigenvalue weighted by atomic mass is 16.4. The number of aryl methyl sites for hydroxylation is 1. The summed E-state index contributed by atoms with van der Waals surface area (Å²) in [7, 11) is 0. The van der Waals surface area contributed by atoms with E-state index >= 15 is 0 Å². The molecule has 0 radical (unpaired) electrons. The smallest absolute Gasteiger partial charge is 0.263 e. The summed E-state index contributed by atoms with van der Waals surface area (Å²) < 4.78 is 10.9. The van der Waals surface area contributed by atoms with Crippen molar-refractivity contribution in [3.05, 3.63) is 42.2 Å². The minimum absolute atomic E-state index is 0.0259. The predicted molar refractivity (Wildman–Crippen MR) is 79.7 cm³/mol. The molecular weight excluding hydrogens is 268 g/mol. The molecule has 1 aromatic carbocycles. The molecule has 0 saturated heterocycles. The van der Waals surface area contributed by atoms with Crippen molar-refractivity contribution < 1.29 is 13.9 Å². The molecule has 0 spiro atoms. The average Bonchev–Trinajstić information content (AvgIpc) is 3.13. The van der Waals surface area contributed by atoms with E-state index < -0.39 is 5.54 Å². The van der Waals surface area contributed by atoms with E-state index in [1.165, 1.54) is 0 Å². The monoisotopic (exact) mass is 286 g/mol. The molecule has 0 aliphatic carbocycles. The molecule has 3 N–H and O–H groups in total. The van der Waals surface area contributed by atoms with Crippen LogP contribution in [-0.4, -0.2) is 22.2 Å². The van der Waals surface area contributed by atoms with Crippen molar-refractivity contribution in [2.75, 3.05) is 6.61 Å². The Bertz CT molecular complexity index is 729. The van der Waals surface area contributed by atoms with E-state index in [4.69, 9.17) is 14.6 Å². The van der Waals surface area contributed by atoms with Crippen LogP contribution in [0, 0.1) is 0 Å². The highest BCUT2D eigenvalue weighted by Crippen LogP contribution is 2.25. The maximum absolute atomic E-state index is 9.19. The van der Waals surface area contributed by atoms with Gasteiger partial charge in [-0.1, -0.05) is 6.07 Å². The van der Waals surface area contributed by atoms with Crippen LogP contribution in [0.3, 0.4) is 0 Å². The van der Waals surface area contributed by atoms with E-state index in [0.717, 1.165) is 23.1 Å². The number of aliphatic hydroxyl groups is 1. The van der Waals surface area contributed by atoms with Gasteiger partial charge in [0.1, 0.15) is 5.52 Å². The number of hydrogen-bond acceptors (Lipinski definition) is 5. The molecule has 21 heavy (non-hydrogen) atoms. The average molecular weight is 286 g/mol. The minimum Gasteiger partial charge on any atom is -0.459 e. The van der Waals surface area contributed by atoms with Crippen LogP contribution in [0.4, 0.5) is 0 Å². The lowest BCUT2D eigenvalue weighted by Gasteiger charge is -2.21. The van der Waals surface area contributed by atoms with Gasteiger partial charge in [0.05, 0.1) is 12.9 Å². The zero-order valence-electron chi connectivity index (χ0n) is 11.9. The van der Waals surface area contributed by atoms with Gasteiger partial charge in [0.25, 0.3) is 5.89 Å². The van der Waals surface area contributed by atoms with Crippen molar-refractivity contribution in [2.45, 2.75) is 25.3 Å². The van der Waals surface area contributed by atoms with Gasteiger partial charge < -0.3 is 19.7 Å². The van der Waals surface area contributed by atoms with Gasteiger partial charge in [-0.05, 0) is 49.6 Å². The van der Waals surface area contributed by atoms with Crippen LogP contribution in [0.5, 0.6) is 0 Å². The first kappa shape index (κ1) is 13.9. The summed E-state index contributed by atoms with van der Waals surface area (Å²) in [6.45, 7) is 1.82. The predicted octanol–water partition coefficient (Wildman–Crippen LogP) is 2.73. The summed E-state index contributed by atoms with van der Waals surface area (Å²) in [6.07, 6.45) is 3.08. The molecule has 2 aromatic heterocycles. The molecule has 5 heteroatoms. The highest BCUT2D eigenvalue weighted by Gasteiger charge is 2.17. The van der Waals surface area contributed by atoms with Crippen molar-refractivity contribution >= 4 is 11.1 Å². The Hall–Kier alpha value is -2.11. The number of aromatic nitrogens is 1. The second-order valence-electron chi connectivity index (χ2n) is 5.61. The van der Waals surface area contributed by atoms with E-state index in [1.807, 2.05) is 31.2 Å². The van der Waals surface area contributed by atoms with Crippen LogP contribution in [0.25, 0.3) is 22.8 Å². The van der Waals surface area contributed by atoms with Gasteiger partial charge in [0.2, 0.25) is 0 Å². The van der Waals surface area contributed by atoms with Gasteiger partial charge in [-0.2, -0.15) is 0 Å². The summed E-state index contributed by atoms with van der Waals surface area (Å²) >= 11 is 0. The van der Waals surface area contributed by atoms with Gasteiger partial charge >= 0.3 is 0 Å². The quantitative estimate of drug-likeness (QED) is 0.753. The molecule has 3 aromatic rings. The molecule has 0 fully saturated rings. The van der Waals surface area contributed by atoms with Crippen LogP contribution in [0.2, 0.25) is 0 Å². The third-order valence-electron chi connectivity index (χ3n) is 3.53. The number of fused-ring (bicyclic) bond motifs is 1. The van der Waals surface area contributed by atoms with Gasteiger partial charge in [0.15, 0.2) is 11.3 Å². The van der Waals surface area contributed by atoms with Crippen molar-refractivity contribution in [3.8, 4) is 11.7 Å². The second kappa shape index (κ2) is 5.35. The van der Waals surface area contributed by atoms with Gasteiger partial charge in [-0.25, -0.2) is 4.98 Å². The SMILES string of the molecule is CC(N)(CO)CCc1ccc2oc(-c3ccco3)nc2c1. The molecule has 1 unspecified atom stereocenters. The summed E-state index contributed by atoms with van der Waals surface area (Å²) in [5, 5.41) is 9.19. The number of oxazole rings is 1. The van der Waals surface area contributed by atoms with Gasteiger partial charge in [-0.15, -0.1) is 0 Å². The van der Waals surface area contributed by atoms with E-state index in [-0.39, 0.29) is 6.61 Å². The van der Waals surface area contributed by atoms with Crippen LogP contribution in [0.15, 0.2) is 45.4 Å². The van der Waals surface area contributed by atoms with Crippen LogP contribution < -0.4 is 5.73 Å². The zero-order valence-corrected chi connectivity index (χ0v) is 11.9. The Balaban J connectivity index is 1.83. The van der Waals surface area contributed by atoms with E-state index in [1.54, 1.807) is 12.3 Å². The van der Waals surface area contributed by atoms with Crippen molar-refractivity contribution in [1.82, 2.24) is 4.98 Å². The number of benzene rings is 1. The summed E-state index contributed by atoms with van der Waals surface area (Å²) in [5.41, 5.74) is 8.03. The summed E-state index contributed by atoms with van der Waals surface area (Å²) in [6, 6.07) is 9.49. The maximum Gasteiger partial charge on any atom is 0.263 e. The van der Waals surface area contributed by atoms with Gasteiger partial charge in [-0.3, -0.25) is 0 Å². The molecule has 3 rings (SSSR count). The zero-order chi connectivity index (χ0) is 14.9. The number of rotatable bonds is 5. The molecule has 0 saturated carbocycles. The molecule has 1 atom stereocenters. The first-order valence-corrected chi connectivity index (χ1v) is 6.90. The molecular formula is C16H18N2O3. The van der Waals surface area contributed by atoms with Crippen LogP contribution >= 0.6 is 0 Å². The number of nitrogens with two attached hydrogens (primary N) is 1. The summed E-state index contributed by atoms with van der Waals surface area (Å²) in [4.78, 5) is 4.44. The number of hydrogen-bond donors (Lipinski definition) is 2. The second-order valence-corrected chi connectivity index (χ2v) is 5.61.